The summed E-state index contributed by atoms with van der Waals surface area (Å²) in [6.45, 7) is 5.67. The van der Waals surface area contributed by atoms with Crippen LogP contribution in [0.5, 0.6) is 0 Å². The fourth-order valence-electron chi connectivity index (χ4n) is 4.22. The second kappa shape index (κ2) is 9.22. The number of rotatable bonds is 4. The SMILES string of the molecule is Cc1cc(C)cc(C(=O)NCC(=O)N2CCN(C(=O)c3cccc4ccccc34)CC2)c1. The van der Waals surface area contributed by atoms with E-state index in [-0.39, 0.29) is 24.3 Å². The standard InChI is InChI=1S/C26H27N3O3/c1-18-14-19(2)16-21(15-18)25(31)27-17-24(30)28-10-12-29(13-11-28)26(32)23-9-5-7-20-6-3-4-8-22(20)23/h3-9,14-16H,10-13,17H2,1-2H3,(H,27,31). The summed E-state index contributed by atoms with van der Waals surface area (Å²) in [5.41, 5.74) is 3.26. The van der Waals surface area contributed by atoms with Crippen molar-refractivity contribution >= 4 is 28.5 Å². The van der Waals surface area contributed by atoms with Gasteiger partial charge in [-0.25, -0.2) is 0 Å². The summed E-state index contributed by atoms with van der Waals surface area (Å²) in [7, 11) is 0. The Labute approximate surface area is 187 Å². The van der Waals surface area contributed by atoms with Crippen LogP contribution in [0.4, 0.5) is 0 Å². The van der Waals surface area contributed by atoms with E-state index in [4.69, 9.17) is 0 Å². The Morgan fingerprint density at radius 2 is 1.44 bits per heavy atom. The molecule has 0 aromatic heterocycles. The van der Waals surface area contributed by atoms with E-state index in [0.29, 0.717) is 37.3 Å². The first kappa shape index (κ1) is 21.6. The van der Waals surface area contributed by atoms with Crippen molar-refractivity contribution in [2.24, 2.45) is 0 Å². The lowest BCUT2D eigenvalue weighted by Crippen LogP contribution is -2.52. The van der Waals surface area contributed by atoms with Crippen molar-refractivity contribution in [1.82, 2.24) is 15.1 Å². The molecule has 1 N–H and O–H groups in total. The Hall–Kier alpha value is -3.67. The summed E-state index contributed by atoms with van der Waals surface area (Å²) in [5, 5.41) is 4.69. The number of nitrogens with zero attached hydrogens (tertiary/aromatic N) is 2. The smallest absolute Gasteiger partial charge is 0.254 e. The van der Waals surface area contributed by atoms with Gasteiger partial charge in [-0.15, -0.1) is 0 Å². The zero-order valence-electron chi connectivity index (χ0n) is 18.4. The molecule has 4 rings (SSSR count). The lowest BCUT2D eigenvalue weighted by Gasteiger charge is -2.35. The van der Waals surface area contributed by atoms with Crippen LogP contribution < -0.4 is 5.32 Å². The van der Waals surface area contributed by atoms with Gasteiger partial charge in [-0.3, -0.25) is 14.4 Å². The summed E-state index contributed by atoms with van der Waals surface area (Å²) < 4.78 is 0. The molecule has 0 bridgehead atoms. The normalized spacial score (nSPS) is 13.8. The second-order valence-corrected chi connectivity index (χ2v) is 8.26. The van der Waals surface area contributed by atoms with Crippen molar-refractivity contribution in [2.45, 2.75) is 13.8 Å². The van der Waals surface area contributed by atoms with E-state index < -0.39 is 0 Å². The molecule has 0 unspecified atom stereocenters. The number of aryl methyl sites for hydroxylation is 2. The minimum absolute atomic E-state index is 0.0166. The van der Waals surface area contributed by atoms with Gasteiger partial charge >= 0.3 is 0 Å². The maximum absolute atomic E-state index is 13.1. The molecule has 164 valence electrons. The largest absolute Gasteiger partial charge is 0.343 e. The van der Waals surface area contributed by atoms with Crippen molar-refractivity contribution in [3.63, 3.8) is 0 Å². The average molecular weight is 430 g/mol. The number of carbonyl (C=O) groups excluding carboxylic acids is 3. The minimum Gasteiger partial charge on any atom is -0.343 e. The van der Waals surface area contributed by atoms with Crippen LogP contribution in [0.25, 0.3) is 10.8 Å². The van der Waals surface area contributed by atoms with Gasteiger partial charge in [-0.1, -0.05) is 53.6 Å². The molecule has 1 heterocycles. The number of piperazine rings is 1. The van der Waals surface area contributed by atoms with E-state index in [1.54, 1.807) is 9.80 Å². The van der Waals surface area contributed by atoms with Crippen LogP contribution in [0.1, 0.15) is 31.8 Å². The average Bonchev–Trinajstić information content (AvgIpc) is 2.81. The molecule has 0 saturated carbocycles. The van der Waals surface area contributed by atoms with Crippen LogP contribution in [0.2, 0.25) is 0 Å². The fraction of sp³-hybridized carbons (Fsp3) is 0.269. The summed E-state index contributed by atoms with van der Waals surface area (Å²) >= 11 is 0. The van der Waals surface area contributed by atoms with Gasteiger partial charge in [0, 0.05) is 37.3 Å². The van der Waals surface area contributed by atoms with Crippen molar-refractivity contribution in [3.8, 4) is 0 Å². The van der Waals surface area contributed by atoms with Gasteiger partial charge < -0.3 is 15.1 Å². The Morgan fingerprint density at radius 3 is 2.16 bits per heavy atom. The Balaban J connectivity index is 1.32. The number of amides is 3. The molecule has 32 heavy (non-hydrogen) atoms. The Kier molecular flexibility index (Phi) is 6.21. The van der Waals surface area contributed by atoms with Gasteiger partial charge in [0.05, 0.1) is 6.54 Å². The number of hydrogen-bond acceptors (Lipinski definition) is 3. The fourth-order valence-corrected chi connectivity index (χ4v) is 4.22. The molecule has 3 amide bonds. The van der Waals surface area contributed by atoms with Crippen LogP contribution in [-0.2, 0) is 4.79 Å². The molecule has 3 aromatic rings. The molecule has 1 aliphatic rings. The lowest BCUT2D eigenvalue weighted by molar-refractivity contribution is -0.131. The van der Waals surface area contributed by atoms with Gasteiger partial charge in [0.25, 0.3) is 11.8 Å². The van der Waals surface area contributed by atoms with Gasteiger partial charge in [0.1, 0.15) is 0 Å². The van der Waals surface area contributed by atoms with Crippen molar-refractivity contribution < 1.29 is 14.4 Å². The van der Waals surface area contributed by atoms with E-state index >= 15 is 0 Å². The molecule has 6 heteroatoms. The number of nitrogens with one attached hydrogen (secondary N) is 1. The Bertz CT molecular complexity index is 1150. The topological polar surface area (TPSA) is 69.7 Å². The number of hydrogen-bond donors (Lipinski definition) is 1. The second-order valence-electron chi connectivity index (χ2n) is 8.26. The first-order chi connectivity index (χ1) is 15.4. The van der Waals surface area contributed by atoms with Crippen LogP contribution in [-0.4, -0.2) is 60.2 Å². The first-order valence-electron chi connectivity index (χ1n) is 10.8. The first-order valence-corrected chi connectivity index (χ1v) is 10.8. The summed E-state index contributed by atoms with van der Waals surface area (Å²) in [6.07, 6.45) is 0. The summed E-state index contributed by atoms with van der Waals surface area (Å²) in [5.74, 6) is -0.410. The van der Waals surface area contributed by atoms with Crippen molar-refractivity contribution in [2.75, 3.05) is 32.7 Å². The zero-order chi connectivity index (χ0) is 22.7. The molecule has 1 aliphatic heterocycles. The zero-order valence-corrected chi connectivity index (χ0v) is 18.4. The predicted octanol–water partition coefficient (Wildman–Crippen LogP) is 3.17. The van der Waals surface area contributed by atoms with Gasteiger partial charge in [-0.2, -0.15) is 0 Å². The number of carbonyl (C=O) groups is 3. The molecule has 0 aliphatic carbocycles. The van der Waals surface area contributed by atoms with Crippen molar-refractivity contribution in [3.05, 3.63) is 82.9 Å². The third-order valence-corrected chi connectivity index (χ3v) is 5.82. The molecule has 1 fully saturated rings. The predicted molar refractivity (Wildman–Crippen MR) is 125 cm³/mol. The van der Waals surface area contributed by atoms with Crippen LogP contribution in [0.15, 0.2) is 60.7 Å². The minimum atomic E-state index is -0.255. The number of fused-ring (bicyclic) bond motifs is 1. The van der Waals surface area contributed by atoms with Gasteiger partial charge in [-0.05, 0) is 42.8 Å². The highest BCUT2D eigenvalue weighted by molar-refractivity contribution is 6.07. The van der Waals surface area contributed by atoms with Crippen LogP contribution >= 0.6 is 0 Å². The highest BCUT2D eigenvalue weighted by Crippen LogP contribution is 2.20. The van der Waals surface area contributed by atoms with Crippen LogP contribution in [0.3, 0.4) is 0 Å². The quantitative estimate of drug-likeness (QED) is 0.693. The molecule has 1 saturated heterocycles. The molecule has 0 atom stereocenters. The monoisotopic (exact) mass is 429 g/mol. The summed E-state index contributed by atoms with van der Waals surface area (Å²) in [6, 6.07) is 19.2. The van der Waals surface area contributed by atoms with E-state index in [1.807, 2.05) is 74.5 Å². The molecular formula is C26H27N3O3. The highest BCUT2D eigenvalue weighted by atomic mass is 16.2. The molecule has 6 nitrogen and oxygen atoms in total. The van der Waals surface area contributed by atoms with E-state index in [2.05, 4.69) is 5.32 Å². The summed E-state index contributed by atoms with van der Waals surface area (Å²) in [4.78, 5) is 41.6. The number of benzene rings is 3. The van der Waals surface area contributed by atoms with Crippen molar-refractivity contribution in [1.29, 1.82) is 0 Å². The molecule has 3 aromatic carbocycles. The third-order valence-electron chi connectivity index (χ3n) is 5.82. The van der Waals surface area contributed by atoms with E-state index in [1.165, 1.54) is 0 Å². The lowest BCUT2D eigenvalue weighted by atomic mass is 10.0. The Morgan fingerprint density at radius 1 is 0.812 bits per heavy atom. The van der Waals surface area contributed by atoms with Crippen LogP contribution in [0, 0.1) is 13.8 Å². The maximum Gasteiger partial charge on any atom is 0.254 e. The molecular weight excluding hydrogens is 402 g/mol. The maximum atomic E-state index is 13.1. The molecule has 0 radical (unpaired) electrons. The third kappa shape index (κ3) is 4.64. The van der Waals surface area contributed by atoms with E-state index in [9.17, 15) is 14.4 Å². The highest BCUT2D eigenvalue weighted by Gasteiger charge is 2.25. The molecule has 0 spiro atoms. The van der Waals surface area contributed by atoms with Gasteiger partial charge in [0.15, 0.2) is 0 Å². The van der Waals surface area contributed by atoms with E-state index in [0.717, 1.165) is 21.9 Å². The van der Waals surface area contributed by atoms with Gasteiger partial charge in [0.2, 0.25) is 5.91 Å².